The van der Waals surface area contributed by atoms with Crippen molar-refractivity contribution < 1.29 is 0 Å². The molecule has 0 spiro atoms. The molecule has 0 radical (unpaired) electrons. The zero-order valence-corrected chi connectivity index (χ0v) is 11.6. The molecule has 3 aromatic carbocycles. The summed E-state index contributed by atoms with van der Waals surface area (Å²) in [6.07, 6.45) is 0. The largest absolute Gasteiger partial charge is 0.306 e. The Bertz CT molecular complexity index is 789. The van der Waals surface area contributed by atoms with E-state index < -0.39 is 0 Å². The highest BCUT2D eigenvalue weighted by atomic mass is 14.9. The first kappa shape index (κ1) is 11.7. The maximum Gasteiger partial charge on any atom is 0.0301 e. The van der Waals surface area contributed by atoms with E-state index in [0.717, 1.165) is 6.54 Å². The van der Waals surface area contributed by atoms with Crippen LogP contribution in [0, 0.1) is 0 Å². The zero-order valence-electron chi connectivity index (χ0n) is 11.6. The van der Waals surface area contributed by atoms with Crippen molar-refractivity contribution in [2.45, 2.75) is 19.5 Å². The lowest BCUT2D eigenvalue weighted by Gasteiger charge is -2.13. The molecular weight excluding hydrogens is 242 g/mol. The fourth-order valence-electron chi connectivity index (χ4n) is 3.18. The second kappa shape index (κ2) is 4.46. The zero-order chi connectivity index (χ0) is 13.5. The van der Waals surface area contributed by atoms with Crippen molar-refractivity contribution in [1.82, 2.24) is 5.32 Å². The maximum absolute atomic E-state index is 3.62. The highest BCUT2D eigenvalue weighted by molar-refractivity contribution is 5.90. The predicted molar refractivity (Wildman–Crippen MR) is 84.6 cm³/mol. The summed E-state index contributed by atoms with van der Waals surface area (Å²) in [6, 6.07) is 22.4. The summed E-state index contributed by atoms with van der Waals surface area (Å²) in [5.41, 5.74) is 5.52. The van der Waals surface area contributed by atoms with Gasteiger partial charge in [-0.25, -0.2) is 0 Å². The van der Waals surface area contributed by atoms with Gasteiger partial charge in [-0.15, -0.1) is 0 Å². The summed E-state index contributed by atoms with van der Waals surface area (Å²) in [5.74, 6) is 0. The van der Waals surface area contributed by atoms with Crippen LogP contribution in [0.5, 0.6) is 0 Å². The quantitative estimate of drug-likeness (QED) is 0.618. The van der Waals surface area contributed by atoms with Crippen molar-refractivity contribution in [3.05, 3.63) is 71.8 Å². The van der Waals surface area contributed by atoms with Crippen molar-refractivity contribution in [2.75, 3.05) is 0 Å². The highest BCUT2D eigenvalue weighted by Gasteiger charge is 2.18. The molecule has 1 N–H and O–H groups in total. The van der Waals surface area contributed by atoms with Crippen LogP contribution in [0.1, 0.15) is 24.1 Å². The van der Waals surface area contributed by atoms with E-state index in [1.807, 2.05) is 0 Å². The molecule has 1 atom stereocenters. The molecule has 1 nitrogen and oxygen atoms in total. The van der Waals surface area contributed by atoms with Gasteiger partial charge in [0.25, 0.3) is 0 Å². The van der Waals surface area contributed by atoms with Crippen LogP contribution in [0.2, 0.25) is 0 Å². The van der Waals surface area contributed by atoms with Crippen LogP contribution in [0.4, 0.5) is 0 Å². The maximum atomic E-state index is 3.62. The van der Waals surface area contributed by atoms with Crippen LogP contribution in [0.15, 0.2) is 60.7 Å². The average molecular weight is 259 g/mol. The molecule has 1 heterocycles. The lowest BCUT2D eigenvalue weighted by atomic mass is 9.92. The monoisotopic (exact) mass is 259 g/mol. The highest BCUT2D eigenvalue weighted by Crippen LogP contribution is 2.36. The molecule has 1 aliphatic heterocycles. The Labute approximate surface area is 119 Å². The molecule has 4 rings (SSSR count). The van der Waals surface area contributed by atoms with Crippen molar-refractivity contribution in [3.63, 3.8) is 0 Å². The van der Waals surface area contributed by atoms with Crippen LogP contribution < -0.4 is 5.32 Å². The third-order valence-corrected chi connectivity index (χ3v) is 4.29. The first-order valence-corrected chi connectivity index (χ1v) is 7.17. The number of nitrogens with one attached hydrogen (secondary N) is 1. The van der Waals surface area contributed by atoms with Gasteiger partial charge >= 0.3 is 0 Å². The third-order valence-electron chi connectivity index (χ3n) is 4.29. The topological polar surface area (TPSA) is 12.0 Å². The number of fused-ring (bicyclic) bond motifs is 4. The van der Waals surface area contributed by atoms with Gasteiger partial charge in [0.05, 0.1) is 0 Å². The summed E-state index contributed by atoms with van der Waals surface area (Å²) in [4.78, 5) is 0. The lowest BCUT2D eigenvalue weighted by molar-refractivity contribution is 0.582. The summed E-state index contributed by atoms with van der Waals surface area (Å²) in [7, 11) is 0. The van der Waals surface area contributed by atoms with E-state index in [1.165, 1.54) is 33.0 Å². The van der Waals surface area contributed by atoms with E-state index in [9.17, 15) is 0 Å². The van der Waals surface area contributed by atoms with E-state index in [4.69, 9.17) is 0 Å². The molecule has 0 saturated carbocycles. The van der Waals surface area contributed by atoms with Crippen molar-refractivity contribution in [2.24, 2.45) is 0 Å². The molecule has 0 aromatic heterocycles. The fourth-order valence-corrected chi connectivity index (χ4v) is 3.18. The Hall–Kier alpha value is -2.12. The fraction of sp³-hybridized carbons (Fsp3) is 0.158. The second-order valence-corrected chi connectivity index (χ2v) is 5.55. The molecule has 3 aromatic rings. The van der Waals surface area contributed by atoms with Crippen LogP contribution in [0.25, 0.3) is 21.9 Å². The van der Waals surface area contributed by atoms with Crippen LogP contribution in [-0.2, 0) is 6.54 Å². The van der Waals surface area contributed by atoms with E-state index in [-0.39, 0.29) is 0 Å². The molecule has 0 fully saturated rings. The lowest BCUT2D eigenvalue weighted by Crippen LogP contribution is -2.16. The Morgan fingerprint density at radius 2 is 1.55 bits per heavy atom. The SMILES string of the molecule is CC1NCc2cc3ccccc3cc2-c2ccccc21. The molecule has 0 bridgehead atoms. The Morgan fingerprint density at radius 3 is 2.40 bits per heavy atom. The second-order valence-electron chi connectivity index (χ2n) is 5.55. The van der Waals surface area contributed by atoms with Crippen molar-refractivity contribution in [3.8, 4) is 11.1 Å². The smallest absolute Gasteiger partial charge is 0.0301 e. The molecule has 1 aliphatic rings. The molecule has 20 heavy (non-hydrogen) atoms. The van der Waals surface area contributed by atoms with E-state index >= 15 is 0 Å². The minimum atomic E-state index is 0.390. The molecule has 0 amide bonds. The van der Waals surface area contributed by atoms with Gasteiger partial charge in [0.1, 0.15) is 0 Å². The van der Waals surface area contributed by atoms with E-state index in [2.05, 4.69) is 72.9 Å². The minimum absolute atomic E-state index is 0.390. The van der Waals surface area contributed by atoms with Crippen LogP contribution in [-0.4, -0.2) is 0 Å². The van der Waals surface area contributed by atoms with E-state index in [1.54, 1.807) is 0 Å². The molecule has 1 unspecified atom stereocenters. The van der Waals surface area contributed by atoms with Crippen LogP contribution >= 0.6 is 0 Å². The van der Waals surface area contributed by atoms with Gasteiger partial charge in [-0.2, -0.15) is 0 Å². The van der Waals surface area contributed by atoms with Gasteiger partial charge in [0.15, 0.2) is 0 Å². The predicted octanol–water partition coefficient (Wildman–Crippen LogP) is 4.67. The van der Waals surface area contributed by atoms with E-state index in [0.29, 0.717) is 6.04 Å². The normalized spacial score (nSPS) is 17.4. The number of hydrogen-bond acceptors (Lipinski definition) is 1. The standard InChI is InChI=1S/C19H17N/c1-13-17-8-4-5-9-18(17)19-11-15-7-3-2-6-14(15)10-16(19)12-20-13/h2-11,13,20H,12H2,1H3. The van der Waals surface area contributed by atoms with Crippen molar-refractivity contribution >= 4 is 10.8 Å². The first-order chi connectivity index (χ1) is 9.83. The van der Waals surface area contributed by atoms with Gasteiger partial charge in [0, 0.05) is 12.6 Å². The molecule has 98 valence electrons. The number of benzene rings is 3. The van der Waals surface area contributed by atoms with Crippen molar-refractivity contribution in [1.29, 1.82) is 0 Å². The summed E-state index contributed by atoms with van der Waals surface area (Å²) >= 11 is 0. The third kappa shape index (κ3) is 1.75. The number of hydrogen-bond donors (Lipinski definition) is 1. The van der Waals surface area contributed by atoms with Gasteiger partial charge in [-0.1, -0.05) is 48.5 Å². The molecular formula is C19H17N. The van der Waals surface area contributed by atoms with Gasteiger partial charge in [0.2, 0.25) is 0 Å². The summed E-state index contributed by atoms with van der Waals surface area (Å²) in [5, 5.41) is 6.26. The minimum Gasteiger partial charge on any atom is -0.306 e. The summed E-state index contributed by atoms with van der Waals surface area (Å²) < 4.78 is 0. The molecule has 0 aliphatic carbocycles. The van der Waals surface area contributed by atoms with Gasteiger partial charge < -0.3 is 5.32 Å². The first-order valence-electron chi connectivity index (χ1n) is 7.17. The van der Waals surface area contributed by atoms with Gasteiger partial charge in [-0.3, -0.25) is 0 Å². The molecule has 0 saturated heterocycles. The number of rotatable bonds is 0. The van der Waals surface area contributed by atoms with Crippen LogP contribution in [0.3, 0.4) is 0 Å². The Morgan fingerprint density at radius 1 is 0.850 bits per heavy atom. The summed E-state index contributed by atoms with van der Waals surface area (Å²) in [6.45, 7) is 3.17. The Balaban J connectivity index is 2.05. The average Bonchev–Trinajstić information content (AvgIpc) is 2.64. The molecule has 1 heteroatoms. The van der Waals surface area contributed by atoms with Gasteiger partial charge in [-0.05, 0) is 52.1 Å². The Kier molecular flexibility index (Phi) is 2.61.